The lowest BCUT2D eigenvalue weighted by Crippen LogP contribution is -2.41. The van der Waals surface area contributed by atoms with E-state index in [1.807, 2.05) is 63.8 Å². The minimum absolute atomic E-state index is 0.0949. The summed E-state index contributed by atoms with van der Waals surface area (Å²) in [5.74, 6) is 0.0949. The number of hydrogen-bond acceptors (Lipinski definition) is 3. The standard InChI is InChI=1S/C17H26BNO3/c1-7-19(13(2)20)12-14-8-10-15(11-9-14)18-21-16(3,4)17(5,6)22-18/h8-11H,7,12H2,1-6H3. The van der Waals surface area contributed by atoms with Gasteiger partial charge in [-0.05, 0) is 45.6 Å². The lowest BCUT2D eigenvalue weighted by atomic mass is 9.79. The molecule has 1 amide bonds. The van der Waals surface area contributed by atoms with E-state index >= 15 is 0 Å². The molecule has 2 rings (SSSR count). The molecule has 0 saturated carbocycles. The highest BCUT2D eigenvalue weighted by Crippen LogP contribution is 2.36. The van der Waals surface area contributed by atoms with E-state index in [9.17, 15) is 4.79 Å². The molecule has 1 saturated heterocycles. The summed E-state index contributed by atoms with van der Waals surface area (Å²) in [7, 11) is -0.339. The number of carbonyl (C=O) groups excluding carboxylic acids is 1. The Hall–Kier alpha value is -1.33. The molecule has 1 aliphatic heterocycles. The predicted molar refractivity (Wildman–Crippen MR) is 88.9 cm³/mol. The predicted octanol–water partition coefficient (Wildman–Crippen LogP) is 2.35. The van der Waals surface area contributed by atoms with Crippen molar-refractivity contribution in [2.45, 2.75) is 59.3 Å². The van der Waals surface area contributed by atoms with Crippen LogP contribution >= 0.6 is 0 Å². The van der Waals surface area contributed by atoms with E-state index in [1.54, 1.807) is 6.92 Å². The Balaban J connectivity index is 2.09. The normalized spacial score (nSPS) is 19.3. The topological polar surface area (TPSA) is 38.8 Å². The molecular weight excluding hydrogens is 277 g/mol. The van der Waals surface area contributed by atoms with Crippen LogP contribution in [0.2, 0.25) is 0 Å². The second kappa shape index (κ2) is 6.05. The first-order valence-electron chi connectivity index (χ1n) is 7.86. The highest BCUT2D eigenvalue weighted by molar-refractivity contribution is 6.62. The summed E-state index contributed by atoms with van der Waals surface area (Å²) in [5.41, 5.74) is 1.46. The summed E-state index contributed by atoms with van der Waals surface area (Å²) in [6.07, 6.45) is 0. The molecule has 0 bridgehead atoms. The van der Waals surface area contributed by atoms with Crippen LogP contribution in [-0.4, -0.2) is 35.7 Å². The average molecular weight is 303 g/mol. The molecule has 1 heterocycles. The van der Waals surface area contributed by atoms with Gasteiger partial charge in [-0.1, -0.05) is 24.3 Å². The van der Waals surface area contributed by atoms with Crippen molar-refractivity contribution in [3.05, 3.63) is 29.8 Å². The summed E-state index contributed by atoms with van der Waals surface area (Å²) >= 11 is 0. The Labute approximate surface area is 133 Å². The van der Waals surface area contributed by atoms with Crippen LogP contribution in [0, 0.1) is 0 Å². The van der Waals surface area contributed by atoms with E-state index in [4.69, 9.17) is 9.31 Å². The third-order valence-electron chi connectivity index (χ3n) is 4.71. The van der Waals surface area contributed by atoms with Gasteiger partial charge >= 0.3 is 7.12 Å². The van der Waals surface area contributed by atoms with Crippen LogP contribution in [0.4, 0.5) is 0 Å². The summed E-state index contributed by atoms with van der Waals surface area (Å²) in [6, 6.07) is 8.11. The Morgan fingerprint density at radius 1 is 1.09 bits per heavy atom. The fraction of sp³-hybridized carbons (Fsp3) is 0.588. The Morgan fingerprint density at radius 2 is 1.59 bits per heavy atom. The SMILES string of the molecule is CCN(Cc1ccc(B2OC(C)(C)C(C)(C)O2)cc1)C(C)=O. The van der Waals surface area contributed by atoms with Crippen molar-refractivity contribution in [3.8, 4) is 0 Å². The van der Waals surface area contributed by atoms with Gasteiger partial charge in [-0.25, -0.2) is 0 Å². The summed E-state index contributed by atoms with van der Waals surface area (Å²) in [5, 5.41) is 0. The van der Waals surface area contributed by atoms with Gasteiger partial charge in [-0.3, -0.25) is 4.79 Å². The van der Waals surface area contributed by atoms with Gasteiger partial charge in [0.05, 0.1) is 11.2 Å². The zero-order valence-corrected chi connectivity index (χ0v) is 14.5. The van der Waals surface area contributed by atoms with Crippen molar-refractivity contribution in [1.29, 1.82) is 0 Å². The highest BCUT2D eigenvalue weighted by Gasteiger charge is 2.51. The molecule has 0 atom stereocenters. The number of nitrogens with zero attached hydrogens (tertiary/aromatic N) is 1. The second-order valence-corrected chi connectivity index (χ2v) is 6.86. The largest absolute Gasteiger partial charge is 0.494 e. The molecule has 0 aromatic heterocycles. The number of benzene rings is 1. The Bertz CT molecular complexity index is 523. The third kappa shape index (κ3) is 3.36. The summed E-state index contributed by atoms with van der Waals surface area (Å²) < 4.78 is 12.1. The van der Waals surface area contributed by atoms with Gasteiger partial charge in [0.15, 0.2) is 0 Å². The van der Waals surface area contributed by atoms with Gasteiger partial charge in [-0.2, -0.15) is 0 Å². The minimum Gasteiger partial charge on any atom is -0.399 e. The van der Waals surface area contributed by atoms with Crippen molar-refractivity contribution >= 4 is 18.5 Å². The third-order valence-corrected chi connectivity index (χ3v) is 4.71. The molecule has 1 aromatic carbocycles. The molecule has 1 fully saturated rings. The van der Waals surface area contributed by atoms with Crippen LogP contribution in [0.15, 0.2) is 24.3 Å². The fourth-order valence-corrected chi connectivity index (χ4v) is 2.43. The van der Waals surface area contributed by atoms with E-state index < -0.39 is 0 Å². The lowest BCUT2D eigenvalue weighted by molar-refractivity contribution is -0.129. The molecule has 0 radical (unpaired) electrons. The molecule has 5 heteroatoms. The van der Waals surface area contributed by atoms with Crippen LogP contribution < -0.4 is 5.46 Å². The van der Waals surface area contributed by atoms with Crippen LogP contribution in [0.1, 0.15) is 47.1 Å². The molecule has 4 nitrogen and oxygen atoms in total. The van der Waals surface area contributed by atoms with E-state index in [0.717, 1.165) is 11.0 Å². The lowest BCUT2D eigenvalue weighted by Gasteiger charge is -2.32. The second-order valence-electron chi connectivity index (χ2n) is 6.86. The van der Waals surface area contributed by atoms with Gasteiger partial charge in [0.1, 0.15) is 0 Å². The van der Waals surface area contributed by atoms with Crippen molar-refractivity contribution in [2.24, 2.45) is 0 Å². The van der Waals surface area contributed by atoms with Crippen molar-refractivity contribution in [1.82, 2.24) is 4.90 Å². The molecule has 0 spiro atoms. The van der Waals surface area contributed by atoms with Crippen molar-refractivity contribution in [2.75, 3.05) is 6.54 Å². The first-order chi connectivity index (χ1) is 10.2. The van der Waals surface area contributed by atoms with Crippen LogP contribution in [-0.2, 0) is 20.6 Å². The smallest absolute Gasteiger partial charge is 0.399 e. The monoisotopic (exact) mass is 303 g/mol. The fourth-order valence-electron chi connectivity index (χ4n) is 2.43. The maximum Gasteiger partial charge on any atom is 0.494 e. The van der Waals surface area contributed by atoms with E-state index in [2.05, 4.69) is 0 Å². The highest BCUT2D eigenvalue weighted by atomic mass is 16.7. The van der Waals surface area contributed by atoms with Gasteiger partial charge in [-0.15, -0.1) is 0 Å². The molecule has 0 N–H and O–H groups in total. The van der Waals surface area contributed by atoms with Crippen LogP contribution in [0.5, 0.6) is 0 Å². The van der Waals surface area contributed by atoms with Crippen molar-refractivity contribution in [3.63, 3.8) is 0 Å². The molecule has 1 aromatic rings. The van der Waals surface area contributed by atoms with E-state index in [0.29, 0.717) is 13.1 Å². The molecule has 1 aliphatic rings. The van der Waals surface area contributed by atoms with E-state index in [1.165, 1.54) is 0 Å². The molecule has 0 aliphatic carbocycles. The zero-order valence-electron chi connectivity index (χ0n) is 14.5. The first-order valence-corrected chi connectivity index (χ1v) is 7.86. The maximum absolute atomic E-state index is 11.5. The van der Waals surface area contributed by atoms with Crippen LogP contribution in [0.25, 0.3) is 0 Å². The Kier molecular flexibility index (Phi) is 4.69. The summed E-state index contributed by atoms with van der Waals surface area (Å²) in [6.45, 7) is 13.1. The Morgan fingerprint density at radius 3 is 2.00 bits per heavy atom. The average Bonchev–Trinajstić information content (AvgIpc) is 2.65. The quantitative estimate of drug-likeness (QED) is 0.802. The van der Waals surface area contributed by atoms with Gasteiger partial charge in [0.2, 0.25) is 5.91 Å². The molecule has 0 unspecified atom stereocenters. The maximum atomic E-state index is 11.5. The molecule has 22 heavy (non-hydrogen) atoms. The van der Waals surface area contributed by atoms with Crippen LogP contribution in [0.3, 0.4) is 0 Å². The molecule has 120 valence electrons. The molecular formula is C17H26BNO3. The number of hydrogen-bond donors (Lipinski definition) is 0. The number of carbonyl (C=O) groups is 1. The van der Waals surface area contributed by atoms with Gasteiger partial charge in [0.25, 0.3) is 0 Å². The summed E-state index contributed by atoms with van der Waals surface area (Å²) in [4.78, 5) is 13.3. The van der Waals surface area contributed by atoms with Gasteiger partial charge in [0, 0.05) is 20.0 Å². The van der Waals surface area contributed by atoms with Crippen molar-refractivity contribution < 1.29 is 14.1 Å². The van der Waals surface area contributed by atoms with Gasteiger partial charge < -0.3 is 14.2 Å². The van der Waals surface area contributed by atoms with E-state index in [-0.39, 0.29) is 24.2 Å². The number of rotatable bonds is 4. The number of amides is 1. The minimum atomic E-state index is -0.339. The first kappa shape index (κ1) is 17.0. The zero-order chi connectivity index (χ0) is 16.5.